The molecule has 25 heavy (non-hydrogen) atoms. The molecule has 1 aliphatic rings. The van der Waals surface area contributed by atoms with Crippen molar-refractivity contribution in [2.75, 3.05) is 29.1 Å². The number of hydrogen-bond acceptors (Lipinski definition) is 5. The first-order valence-electron chi connectivity index (χ1n) is 8.06. The topological polar surface area (TPSA) is 75.5 Å². The van der Waals surface area contributed by atoms with Gasteiger partial charge in [-0.05, 0) is 36.8 Å². The van der Waals surface area contributed by atoms with Crippen molar-refractivity contribution in [3.63, 3.8) is 0 Å². The highest BCUT2D eigenvalue weighted by Crippen LogP contribution is 2.33. The van der Waals surface area contributed by atoms with E-state index >= 15 is 0 Å². The predicted octanol–water partition coefficient (Wildman–Crippen LogP) is 3.84. The van der Waals surface area contributed by atoms with Crippen molar-refractivity contribution in [1.82, 2.24) is 0 Å². The Kier molecular flexibility index (Phi) is 5.23. The molecule has 0 radical (unpaired) electrons. The van der Waals surface area contributed by atoms with E-state index < -0.39 is 4.92 Å². The summed E-state index contributed by atoms with van der Waals surface area (Å²) in [5, 5.41) is 13.7. The Bertz CT molecular complexity index is 810. The molecule has 0 atom stereocenters. The summed E-state index contributed by atoms with van der Waals surface area (Å²) in [6, 6.07) is 12.6. The quantitative estimate of drug-likeness (QED) is 0.664. The molecule has 1 heterocycles. The molecule has 2 aromatic carbocycles. The lowest BCUT2D eigenvalue weighted by Gasteiger charge is -2.24. The molecule has 0 saturated carbocycles. The van der Waals surface area contributed by atoms with E-state index in [1.54, 1.807) is 17.8 Å². The number of rotatable bonds is 4. The van der Waals surface area contributed by atoms with E-state index in [0.717, 1.165) is 30.0 Å². The second kappa shape index (κ2) is 7.57. The van der Waals surface area contributed by atoms with Crippen LogP contribution in [-0.4, -0.2) is 29.7 Å². The number of non-ortho nitro benzene ring substituents is 1. The molecule has 1 N–H and O–H groups in total. The third-order valence-corrected chi connectivity index (χ3v) is 5.23. The number of hydrogen-bond donors (Lipinski definition) is 1. The molecule has 0 aliphatic carbocycles. The SMILES string of the molecule is Cc1ccc([N+](=O)[O-])cc1NC(=O)CN1CCCSc2ccccc21. The van der Waals surface area contributed by atoms with Crippen molar-refractivity contribution in [3.8, 4) is 0 Å². The molecule has 1 aliphatic heterocycles. The van der Waals surface area contributed by atoms with Crippen LogP contribution in [0.1, 0.15) is 12.0 Å². The fraction of sp³-hybridized carbons (Fsp3) is 0.278. The molecule has 0 unspecified atom stereocenters. The van der Waals surface area contributed by atoms with Gasteiger partial charge in [-0.1, -0.05) is 18.2 Å². The number of anilines is 2. The Hall–Kier alpha value is -2.54. The molecule has 0 aromatic heterocycles. The smallest absolute Gasteiger partial charge is 0.271 e. The number of para-hydroxylation sites is 1. The van der Waals surface area contributed by atoms with E-state index in [1.807, 2.05) is 25.1 Å². The molecule has 6 nitrogen and oxygen atoms in total. The van der Waals surface area contributed by atoms with Crippen LogP contribution in [0.4, 0.5) is 17.1 Å². The Labute approximate surface area is 150 Å². The molecule has 7 heteroatoms. The van der Waals surface area contributed by atoms with Gasteiger partial charge in [0.1, 0.15) is 0 Å². The third-order valence-electron chi connectivity index (χ3n) is 4.08. The number of thioether (sulfide) groups is 1. The van der Waals surface area contributed by atoms with Crippen molar-refractivity contribution in [1.29, 1.82) is 0 Å². The maximum atomic E-state index is 12.5. The summed E-state index contributed by atoms with van der Waals surface area (Å²) >= 11 is 1.80. The molecular weight excluding hydrogens is 338 g/mol. The standard InChI is InChI=1S/C18H19N3O3S/c1-13-7-8-14(21(23)24)11-15(13)19-18(22)12-20-9-4-10-25-17-6-3-2-5-16(17)20/h2-3,5-8,11H,4,9-10,12H2,1H3,(H,19,22). The summed E-state index contributed by atoms with van der Waals surface area (Å²) in [6.07, 6.45) is 1.00. The van der Waals surface area contributed by atoms with Gasteiger partial charge in [0.2, 0.25) is 5.91 Å². The van der Waals surface area contributed by atoms with E-state index in [2.05, 4.69) is 16.3 Å². The molecular formula is C18H19N3O3S. The maximum absolute atomic E-state index is 12.5. The van der Waals surface area contributed by atoms with Gasteiger partial charge in [0, 0.05) is 23.6 Å². The predicted molar refractivity (Wildman–Crippen MR) is 100 cm³/mol. The van der Waals surface area contributed by atoms with Crippen LogP contribution in [0.15, 0.2) is 47.4 Å². The minimum Gasteiger partial charge on any atom is -0.361 e. The average Bonchev–Trinajstić information content (AvgIpc) is 2.79. The summed E-state index contributed by atoms with van der Waals surface area (Å²) in [6.45, 7) is 2.85. The van der Waals surface area contributed by atoms with Crippen LogP contribution in [-0.2, 0) is 4.79 Å². The second-order valence-electron chi connectivity index (χ2n) is 5.90. The zero-order chi connectivity index (χ0) is 17.8. The Morgan fingerprint density at radius 1 is 1.32 bits per heavy atom. The highest BCUT2D eigenvalue weighted by Gasteiger charge is 2.19. The van der Waals surface area contributed by atoms with Crippen LogP contribution in [0.3, 0.4) is 0 Å². The van der Waals surface area contributed by atoms with Gasteiger partial charge in [-0.3, -0.25) is 14.9 Å². The minimum absolute atomic E-state index is 0.0302. The van der Waals surface area contributed by atoms with Crippen LogP contribution in [0.2, 0.25) is 0 Å². The van der Waals surface area contributed by atoms with Gasteiger partial charge in [-0.15, -0.1) is 11.8 Å². The zero-order valence-corrected chi connectivity index (χ0v) is 14.7. The molecule has 1 amide bonds. The number of aryl methyl sites for hydroxylation is 1. The first kappa shape index (κ1) is 17.3. The van der Waals surface area contributed by atoms with Gasteiger partial charge >= 0.3 is 0 Å². The number of nitrogens with zero attached hydrogens (tertiary/aromatic N) is 2. The number of nitro groups is 1. The Balaban J connectivity index is 1.75. The largest absolute Gasteiger partial charge is 0.361 e. The molecule has 0 spiro atoms. The number of carbonyl (C=O) groups is 1. The number of nitrogens with one attached hydrogen (secondary N) is 1. The van der Waals surface area contributed by atoms with Gasteiger partial charge in [0.05, 0.1) is 22.8 Å². The zero-order valence-electron chi connectivity index (χ0n) is 13.9. The van der Waals surface area contributed by atoms with Crippen molar-refractivity contribution < 1.29 is 9.72 Å². The van der Waals surface area contributed by atoms with E-state index in [1.165, 1.54) is 17.0 Å². The second-order valence-corrected chi connectivity index (χ2v) is 7.03. The monoisotopic (exact) mass is 357 g/mol. The summed E-state index contributed by atoms with van der Waals surface area (Å²) in [5.74, 6) is 0.851. The van der Waals surface area contributed by atoms with Gasteiger partial charge in [-0.25, -0.2) is 0 Å². The highest BCUT2D eigenvalue weighted by molar-refractivity contribution is 7.99. The fourth-order valence-corrected chi connectivity index (χ4v) is 3.80. The molecule has 3 rings (SSSR count). The highest BCUT2D eigenvalue weighted by atomic mass is 32.2. The number of nitro benzene ring substituents is 1. The lowest BCUT2D eigenvalue weighted by Crippen LogP contribution is -2.34. The minimum atomic E-state index is -0.461. The molecule has 0 saturated heterocycles. The van der Waals surface area contributed by atoms with E-state index in [-0.39, 0.29) is 18.1 Å². The van der Waals surface area contributed by atoms with Crippen molar-refractivity contribution in [2.24, 2.45) is 0 Å². The normalized spacial score (nSPS) is 13.7. The van der Waals surface area contributed by atoms with Crippen LogP contribution < -0.4 is 10.2 Å². The van der Waals surface area contributed by atoms with Gasteiger partial charge in [-0.2, -0.15) is 0 Å². The van der Waals surface area contributed by atoms with Crippen LogP contribution in [0.5, 0.6) is 0 Å². The number of amides is 1. The molecule has 2 aromatic rings. The first-order valence-corrected chi connectivity index (χ1v) is 9.05. The molecule has 130 valence electrons. The van der Waals surface area contributed by atoms with Crippen molar-refractivity contribution in [3.05, 3.63) is 58.1 Å². The lowest BCUT2D eigenvalue weighted by molar-refractivity contribution is -0.384. The van der Waals surface area contributed by atoms with E-state index in [0.29, 0.717) is 5.69 Å². The fourth-order valence-electron chi connectivity index (χ4n) is 2.78. The molecule has 0 fully saturated rings. The first-order chi connectivity index (χ1) is 12.0. The summed E-state index contributed by atoms with van der Waals surface area (Å²) < 4.78 is 0. The third kappa shape index (κ3) is 4.11. The van der Waals surface area contributed by atoms with Gasteiger partial charge in [0.25, 0.3) is 5.69 Å². The van der Waals surface area contributed by atoms with E-state index in [4.69, 9.17) is 0 Å². The summed E-state index contributed by atoms with van der Waals surface area (Å²) in [5.41, 5.74) is 2.32. The Morgan fingerprint density at radius 2 is 2.12 bits per heavy atom. The molecule has 0 bridgehead atoms. The average molecular weight is 357 g/mol. The van der Waals surface area contributed by atoms with E-state index in [9.17, 15) is 14.9 Å². The number of benzene rings is 2. The van der Waals surface area contributed by atoms with Crippen LogP contribution in [0.25, 0.3) is 0 Å². The van der Waals surface area contributed by atoms with Crippen molar-refractivity contribution in [2.45, 2.75) is 18.2 Å². The van der Waals surface area contributed by atoms with Crippen LogP contribution in [0, 0.1) is 17.0 Å². The summed E-state index contributed by atoms with van der Waals surface area (Å²) in [4.78, 5) is 26.2. The van der Waals surface area contributed by atoms with Crippen molar-refractivity contribution >= 4 is 34.7 Å². The van der Waals surface area contributed by atoms with Crippen LogP contribution >= 0.6 is 11.8 Å². The number of fused-ring (bicyclic) bond motifs is 1. The van der Waals surface area contributed by atoms with Gasteiger partial charge < -0.3 is 10.2 Å². The summed E-state index contributed by atoms with van der Waals surface area (Å²) in [7, 11) is 0. The lowest BCUT2D eigenvalue weighted by atomic mass is 10.2. The maximum Gasteiger partial charge on any atom is 0.271 e. The van der Waals surface area contributed by atoms with Gasteiger partial charge in [0.15, 0.2) is 0 Å². The number of carbonyl (C=O) groups excluding carboxylic acids is 1. The Morgan fingerprint density at radius 3 is 2.92 bits per heavy atom.